The van der Waals surface area contributed by atoms with Crippen molar-refractivity contribution < 1.29 is 17.9 Å². The van der Waals surface area contributed by atoms with Crippen molar-refractivity contribution in [2.45, 2.75) is 37.2 Å². The van der Waals surface area contributed by atoms with E-state index in [1.807, 2.05) is 6.92 Å². The van der Waals surface area contributed by atoms with Crippen molar-refractivity contribution in [3.63, 3.8) is 0 Å². The third kappa shape index (κ3) is 4.71. The van der Waals surface area contributed by atoms with Crippen LogP contribution in [0.3, 0.4) is 0 Å². The molecule has 2 heterocycles. The smallest absolute Gasteiger partial charge is 0.323 e. The van der Waals surface area contributed by atoms with Crippen molar-refractivity contribution in [3.8, 4) is 0 Å². The molecule has 0 bridgehead atoms. The van der Waals surface area contributed by atoms with Crippen LogP contribution in [-0.4, -0.2) is 55.0 Å². The van der Waals surface area contributed by atoms with E-state index in [1.165, 1.54) is 18.2 Å². The van der Waals surface area contributed by atoms with Crippen molar-refractivity contribution >= 4 is 32.7 Å². The van der Waals surface area contributed by atoms with Gasteiger partial charge in [0.15, 0.2) is 0 Å². The number of nitrogens with one attached hydrogen (secondary N) is 3. The minimum Gasteiger partial charge on any atom is -0.376 e. The van der Waals surface area contributed by atoms with Gasteiger partial charge in [-0.05, 0) is 49.6 Å². The quantitative estimate of drug-likeness (QED) is 0.502. The summed E-state index contributed by atoms with van der Waals surface area (Å²) in [6.45, 7) is 3.78. The number of aromatic nitrogens is 2. The van der Waals surface area contributed by atoms with Crippen molar-refractivity contribution in [1.29, 1.82) is 0 Å². The molecular weight excluding hydrogens is 432 g/mol. The summed E-state index contributed by atoms with van der Waals surface area (Å²) in [5.41, 5.74) is 0.962. The molecule has 1 atom stereocenters. The third-order valence-electron chi connectivity index (χ3n) is 5.42. The second kappa shape index (κ2) is 9.17. The van der Waals surface area contributed by atoms with Crippen LogP contribution in [0.15, 0.2) is 52.2 Å². The Hall–Kier alpha value is -3.11. The molecule has 3 N–H and O–H groups in total. The number of sulfonamides is 1. The highest BCUT2D eigenvalue weighted by Gasteiger charge is 2.27. The number of hydrogen-bond acceptors (Lipinski definition) is 5. The number of H-pyrrole nitrogens is 2. The summed E-state index contributed by atoms with van der Waals surface area (Å²) in [6, 6.07) is 10.9. The zero-order valence-electron chi connectivity index (χ0n) is 17.8. The maximum absolute atomic E-state index is 13.2. The van der Waals surface area contributed by atoms with Crippen LogP contribution in [0.2, 0.25) is 0 Å². The van der Waals surface area contributed by atoms with Gasteiger partial charge >= 0.3 is 5.69 Å². The Morgan fingerprint density at radius 2 is 1.97 bits per heavy atom. The summed E-state index contributed by atoms with van der Waals surface area (Å²) in [5.74, 6) is -0.237. The summed E-state index contributed by atoms with van der Waals surface area (Å²) in [6.07, 6.45) is 2.65. The van der Waals surface area contributed by atoms with E-state index >= 15 is 0 Å². The van der Waals surface area contributed by atoms with E-state index in [2.05, 4.69) is 14.7 Å². The number of likely N-dealkylation sites (tertiary alicyclic amines) is 1. The van der Waals surface area contributed by atoms with Gasteiger partial charge in [0, 0.05) is 19.7 Å². The molecule has 32 heavy (non-hydrogen) atoms. The number of carbonyl (C=O) groups is 1. The fourth-order valence-electron chi connectivity index (χ4n) is 3.85. The predicted octanol–water partition coefficient (Wildman–Crippen LogP) is 2.69. The molecule has 2 aromatic carbocycles. The van der Waals surface area contributed by atoms with Crippen LogP contribution in [0.25, 0.3) is 11.0 Å². The second-order valence-corrected chi connectivity index (χ2v) is 9.51. The summed E-state index contributed by atoms with van der Waals surface area (Å²) >= 11 is 0. The first-order valence-corrected chi connectivity index (χ1v) is 12.1. The van der Waals surface area contributed by atoms with Gasteiger partial charge in [0.25, 0.3) is 15.9 Å². The van der Waals surface area contributed by atoms with Crippen molar-refractivity contribution in [3.05, 3.63) is 58.5 Å². The standard InChI is InChI=1S/C22H26N4O5S/c1-2-12-31-15-6-5-11-26(14-15)21(27)17-7-3-4-8-18(17)25-32(29,30)16-9-10-19-20(13-16)24-22(28)23-19/h3-4,7-10,13,15,25H,2,5-6,11-12,14H2,1H3,(H2,23,24,28). The zero-order chi connectivity index (χ0) is 22.7. The summed E-state index contributed by atoms with van der Waals surface area (Å²) in [7, 11) is -3.99. The monoisotopic (exact) mass is 458 g/mol. The lowest BCUT2D eigenvalue weighted by molar-refractivity contribution is 0.00214. The maximum atomic E-state index is 13.2. The minimum atomic E-state index is -3.99. The molecule has 0 spiro atoms. The number of imidazole rings is 1. The summed E-state index contributed by atoms with van der Waals surface area (Å²) < 4.78 is 34.4. The number of ether oxygens (including phenoxy) is 1. The van der Waals surface area contributed by atoms with Gasteiger partial charge in [-0.15, -0.1) is 0 Å². The first-order chi connectivity index (χ1) is 15.4. The molecule has 1 saturated heterocycles. The van der Waals surface area contributed by atoms with Gasteiger partial charge in [-0.1, -0.05) is 19.1 Å². The van der Waals surface area contributed by atoms with Crippen LogP contribution >= 0.6 is 0 Å². The number of rotatable bonds is 7. The van der Waals surface area contributed by atoms with Crippen LogP contribution in [-0.2, 0) is 14.8 Å². The average molecular weight is 459 g/mol. The Kier molecular flexibility index (Phi) is 6.33. The Bertz CT molecular complexity index is 1280. The van der Waals surface area contributed by atoms with Gasteiger partial charge < -0.3 is 19.6 Å². The first kappa shape index (κ1) is 22.1. The van der Waals surface area contributed by atoms with E-state index in [1.54, 1.807) is 29.2 Å². The number of para-hydroxylation sites is 1. The molecule has 1 aromatic heterocycles. The topological polar surface area (TPSA) is 124 Å². The van der Waals surface area contributed by atoms with Gasteiger partial charge in [-0.3, -0.25) is 9.52 Å². The summed E-state index contributed by atoms with van der Waals surface area (Å²) in [4.78, 5) is 31.5. The van der Waals surface area contributed by atoms with Gasteiger partial charge in [0.1, 0.15) is 0 Å². The normalized spacial score (nSPS) is 16.9. The van der Waals surface area contributed by atoms with Crippen molar-refractivity contribution in [1.82, 2.24) is 14.9 Å². The van der Waals surface area contributed by atoms with Crippen molar-refractivity contribution in [2.24, 2.45) is 0 Å². The van der Waals surface area contributed by atoms with E-state index < -0.39 is 15.7 Å². The number of fused-ring (bicyclic) bond motifs is 1. The van der Waals surface area contributed by atoms with Gasteiger partial charge in [-0.2, -0.15) is 0 Å². The Morgan fingerprint density at radius 3 is 2.78 bits per heavy atom. The first-order valence-electron chi connectivity index (χ1n) is 10.6. The molecule has 9 nitrogen and oxygen atoms in total. The van der Waals surface area contributed by atoms with Gasteiger partial charge in [0.05, 0.1) is 33.3 Å². The highest BCUT2D eigenvalue weighted by Crippen LogP contribution is 2.24. The number of piperidine rings is 1. The molecule has 1 unspecified atom stereocenters. The number of benzene rings is 2. The Balaban J connectivity index is 1.57. The van der Waals surface area contributed by atoms with Crippen LogP contribution in [0.5, 0.6) is 0 Å². The number of aromatic amines is 2. The number of nitrogens with zero attached hydrogens (tertiary/aromatic N) is 1. The van der Waals surface area contributed by atoms with Crippen LogP contribution in [0.1, 0.15) is 36.5 Å². The molecule has 10 heteroatoms. The SMILES string of the molecule is CCCOC1CCCN(C(=O)c2ccccc2NS(=O)(=O)c2ccc3[nH]c(=O)[nH]c3c2)C1. The fourth-order valence-corrected chi connectivity index (χ4v) is 4.96. The Morgan fingerprint density at radius 1 is 1.19 bits per heavy atom. The lowest BCUT2D eigenvalue weighted by atomic mass is 10.1. The number of hydrogen-bond donors (Lipinski definition) is 3. The molecule has 170 valence electrons. The molecule has 1 aliphatic rings. The largest absolute Gasteiger partial charge is 0.376 e. The Labute approximate surface area is 185 Å². The second-order valence-electron chi connectivity index (χ2n) is 7.82. The van der Waals surface area contributed by atoms with Crippen LogP contribution in [0.4, 0.5) is 5.69 Å². The van der Waals surface area contributed by atoms with Crippen LogP contribution < -0.4 is 10.4 Å². The number of carbonyl (C=O) groups excluding carboxylic acids is 1. The van der Waals surface area contributed by atoms with Gasteiger partial charge in [0.2, 0.25) is 0 Å². The lowest BCUT2D eigenvalue weighted by Gasteiger charge is -2.33. The third-order valence-corrected chi connectivity index (χ3v) is 6.79. The molecule has 3 aromatic rings. The molecular formula is C22H26N4O5S. The molecule has 0 saturated carbocycles. The van der Waals surface area contributed by atoms with Gasteiger partial charge in [-0.25, -0.2) is 13.2 Å². The molecule has 0 aliphatic carbocycles. The minimum absolute atomic E-state index is 0.00765. The van der Waals surface area contributed by atoms with E-state index in [0.29, 0.717) is 30.7 Å². The van der Waals surface area contributed by atoms with E-state index in [0.717, 1.165) is 19.3 Å². The summed E-state index contributed by atoms with van der Waals surface area (Å²) in [5, 5.41) is 0. The number of amides is 1. The highest BCUT2D eigenvalue weighted by atomic mass is 32.2. The van der Waals surface area contributed by atoms with Crippen LogP contribution in [0, 0.1) is 0 Å². The maximum Gasteiger partial charge on any atom is 0.323 e. The lowest BCUT2D eigenvalue weighted by Crippen LogP contribution is -2.43. The fraction of sp³-hybridized carbons (Fsp3) is 0.364. The molecule has 1 amide bonds. The molecule has 0 radical (unpaired) electrons. The van der Waals surface area contributed by atoms with E-state index in [9.17, 15) is 18.0 Å². The zero-order valence-corrected chi connectivity index (χ0v) is 18.6. The molecule has 1 aliphatic heterocycles. The molecule has 1 fully saturated rings. The van der Waals surface area contributed by atoms with E-state index in [4.69, 9.17) is 4.74 Å². The average Bonchev–Trinajstić information content (AvgIpc) is 3.17. The molecule has 4 rings (SSSR count). The highest BCUT2D eigenvalue weighted by molar-refractivity contribution is 7.92. The van der Waals surface area contributed by atoms with Crippen molar-refractivity contribution in [2.75, 3.05) is 24.4 Å². The number of anilines is 1. The predicted molar refractivity (Wildman–Crippen MR) is 121 cm³/mol. The van der Waals surface area contributed by atoms with E-state index in [-0.39, 0.29) is 28.2 Å².